The number of aliphatic imine (C=N–C) groups is 1. The van der Waals surface area contributed by atoms with E-state index < -0.39 is 5.91 Å². The van der Waals surface area contributed by atoms with Crippen LogP contribution in [0.15, 0.2) is 65.7 Å². The molecule has 0 bridgehead atoms. The van der Waals surface area contributed by atoms with E-state index in [1.165, 1.54) is 6.21 Å². The van der Waals surface area contributed by atoms with Crippen molar-refractivity contribution >= 4 is 12.1 Å². The number of hydrogen-bond acceptors (Lipinski definition) is 2. The number of primary amides is 1. The van der Waals surface area contributed by atoms with E-state index in [0.717, 1.165) is 11.1 Å². The minimum Gasteiger partial charge on any atom is -0.365 e. The number of nitrogens with zero attached hydrogens (tertiary/aromatic N) is 1. The third-order valence-corrected chi connectivity index (χ3v) is 2.58. The summed E-state index contributed by atoms with van der Waals surface area (Å²) in [5.74, 6) is -0.535. The Morgan fingerprint density at radius 1 is 0.944 bits per heavy atom. The molecule has 0 atom stereocenters. The van der Waals surface area contributed by atoms with Crippen LogP contribution in [0.2, 0.25) is 0 Å². The summed E-state index contributed by atoms with van der Waals surface area (Å²) in [5, 5.41) is 0. The summed E-state index contributed by atoms with van der Waals surface area (Å²) >= 11 is 0. The zero-order valence-electron chi connectivity index (χ0n) is 9.86. The number of hydrogen-bond donors (Lipinski definition) is 1. The summed E-state index contributed by atoms with van der Waals surface area (Å²) in [6.07, 6.45) is 1.17. The smallest absolute Gasteiger partial charge is 0.259 e. The van der Waals surface area contributed by atoms with Crippen LogP contribution in [0.3, 0.4) is 0 Å². The van der Waals surface area contributed by atoms with Gasteiger partial charge in [-0.15, -0.1) is 0 Å². The zero-order chi connectivity index (χ0) is 12.8. The zero-order valence-corrected chi connectivity index (χ0v) is 9.86. The lowest BCUT2D eigenvalue weighted by Gasteiger charge is -2.12. The number of nitrogens with two attached hydrogens (primary N) is 1. The molecular weight excluding hydrogens is 224 g/mol. The van der Waals surface area contributed by atoms with Crippen LogP contribution in [0, 0.1) is 0 Å². The van der Waals surface area contributed by atoms with E-state index in [-0.39, 0.29) is 6.04 Å². The van der Waals surface area contributed by atoms with E-state index in [9.17, 15) is 4.79 Å². The second kappa shape index (κ2) is 5.77. The molecule has 18 heavy (non-hydrogen) atoms. The molecule has 1 amide bonds. The van der Waals surface area contributed by atoms with Crippen LogP contribution >= 0.6 is 0 Å². The number of amides is 1. The Kier molecular flexibility index (Phi) is 3.86. The van der Waals surface area contributed by atoms with E-state index in [0.29, 0.717) is 0 Å². The van der Waals surface area contributed by atoms with Crippen molar-refractivity contribution in [3.8, 4) is 0 Å². The Morgan fingerprint density at radius 3 is 1.78 bits per heavy atom. The molecule has 2 aromatic carbocycles. The maximum absolute atomic E-state index is 10.8. The van der Waals surface area contributed by atoms with Gasteiger partial charge in [0.15, 0.2) is 0 Å². The highest BCUT2D eigenvalue weighted by Gasteiger charge is 2.11. The fraction of sp³-hybridized carbons (Fsp3) is 0.0667. The van der Waals surface area contributed by atoms with Gasteiger partial charge >= 0.3 is 0 Å². The third-order valence-electron chi connectivity index (χ3n) is 2.58. The van der Waals surface area contributed by atoms with Crippen molar-refractivity contribution in [2.24, 2.45) is 10.7 Å². The third kappa shape index (κ3) is 3.04. The Morgan fingerprint density at radius 2 is 1.39 bits per heavy atom. The first kappa shape index (κ1) is 12.0. The fourth-order valence-corrected chi connectivity index (χ4v) is 1.78. The highest BCUT2D eigenvalue weighted by molar-refractivity contribution is 6.25. The summed E-state index contributed by atoms with van der Waals surface area (Å²) in [6.45, 7) is 0. The molecule has 2 N–H and O–H groups in total. The van der Waals surface area contributed by atoms with Crippen LogP contribution in [0.1, 0.15) is 17.2 Å². The minimum atomic E-state index is -0.535. The van der Waals surface area contributed by atoms with Crippen LogP contribution in [-0.2, 0) is 4.79 Å². The SMILES string of the molecule is NC(=O)C=NC(c1ccccc1)c1ccccc1. The highest BCUT2D eigenvalue weighted by Crippen LogP contribution is 2.25. The molecule has 0 fully saturated rings. The van der Waals surface area contributed by atoms with Crippen LogP contribution < -0.4 is 5.73 Å². The molecule has 0 aliphatic carbocycles. The molecule has 0 spiro atoms. The lowest BCUT2D eigenvalue weighted by molar-refractivity contribution is -0.111. The van der Waals surface area contributed by atoms with Crippen molar-refractivity contribution in [2.45, 2.75) is 6.04 Å². The fourth-order valence-electron chi connectivity index (χ4n) is 1.78. The predicted molar refractivity (Wildman–Crippen MR) is 72.4 cm³/mol. The van der Waals surface area contributed by atoms with E-state index in [2.05, 4.69) is 4.99 Å². The van der Waals surface area contributed by atoms with Gasteiger partial charge in [0.1, 0.15) is 6.04 Å². The van der Waals surface area contributed by atoms with E-state index >= 15 is 0 Å². The summed E-state index contributed by atoms with van der Waals surface area (Å²) in [4.78, 5) is 15.1. The molecule has 0 saturated carbocycles. The maximum Gasteiger partial charge on any atom is 0.259 e. The molecule has 3 heteroatoms. The van der Waals surface area contributed by atoms with Gasteiger partial charge in [0.05, 0.1) is 6.21 Å². The van der Waals surface area contributed by atoms with Gasteiger partial charge in [-0.3, -0.25) is 9.79 Å². The van der Waals surface area contributed by atoms with Gasteiger partial charge in [-0.05, 0) is 11.1 Å². The predicted octanol–water partition coefficient (Wildman–Crippen LogP) is 2.33. The van der Waals surface area contributed by atoms with Gasteiger partial charge in [0.25, 0.3) is 5.91 Å². The van der Waals surface area contributed by atoms with Gasteiger partial charge in [-0.25, -0.2) is 0 Å². The van der Waals surface area contributed by atoms with Crippen molar-refractivity contribution < 1.29 is 4.79 Å². The molecule has 90 valence electrons. The molecule has 0 saturated heterocycles. The second-order valence-electron chi connectivity index (χ2n) is 3.90. The first-order valence-corrected chi connectivity index (χ1v) is 5.70. The molecule has 2 rings (SSSR count). The summed E-state index contributed by atoms with van der Waals surface area (Å²) in [6, 6.07) is 19.4. The average molecular weight is 238 g/mol. The van der Waals surface area contributed by atoms with Crippen molar-refractivity contribution in [1.29, 1.82) is 0 Å². The monoisotopic (exact) mass is 238 g/mol. The summed E-state index contributed by atoms with van der Waals surface area (Å²) in [5.41, 5.74) is 7.17. The van der Waals surface area contributed by atoms with Gasteiger partial charge in [0, 0.05) is 0 Å². The number of carbonyl (C=O) groups excluding carboxylic acids is 1. The first-order valence-electron chi connectivity index (χ1n) is 5.70. The van der Waals surface area contributed by atoms with Crippen LogP contribution in [-0.4, -0.2) is 12.1 Å². The molecule has 3 nitrogen and oxygen atoms in total. The largest absolute Gasteiger partial charge is 0.365 e. The molecule has 0 aliphatic heterocycles. The van der Waals surface area contributed by atoms with E-state index in [1.54, 1.807) is 0 Å². The van der Waals surface area contributed by atoms with Gasteiger partial charge < -0.3 is 5.73 Å². The standard InChI is InChI=1S/C15H14N2O/c16-14(18)11-17-15(12-7-3-1-4-8-12)13-9-5-2-6-10-13/h1-11,15H,(H2,16,18). The summed E-state index contributed by atoms with van der Waals surface area (Å²) < 4.78 is 0. The number of benzene rings is 2. The van der Waals surface area contributed by atoms with Gasteiger partial charge in [-0.1, -0.05) is 60.7 Å². The van der Waals surface area contributed by atoms with Crippen molar-refractivity contribution in [2.75, 3.05) is 0 Å². The maximum atomic E-state index is 10.8. The Hall–Kier alpha value is -2.42. The van der Waals surface area contributed by atoms with Crippen LogP contribution in [0.5, 0.6) is 0 Å². The molecular formula is C15H14N2O. The lowest BCUT2D eigenvalue weighted by atomic mass is 9.99. The van der Waals surface area contributed by atoms with Crippen molar-refractivity contribution in [1.82, 2.24) is 0 Å². The van der Waals surface area contributed by atoms with Gasteiger partial charge in [-0.2, -0.15) is 0 Å². The highest BCUT2D eigenvalue weighted by atomic mass is 16.1. The van der Waals surface area contributed by atoms with Crippen LogP contribution in [0.4, 0.5) is 0 Å². The summed E-state index contributed by atoms with van der Waals surface area (Å²) in [7, 11) is 0. The Labute approximate surface area is 106 Å². The Bertz CT molecular complexity index is 495. The average Bonchev–Trinajstić information content (AvgIpc) is 2.41. The van der Waals surface area contributed by atoms with E-state index in [4.69, 9.17) is 5.73 Å². The molecule has 2 aromatic rings. The van der Waals surface area contributed by atoms with Crippen molar-refractivity contribution in [3.05, 3.63) is 71.8 Å². The first-order chi connectivity index (χ1) is 8.77. The molecule has 0 unspecified atom stereocenters. The second-order valence-corrected chi connectivity index (χ2v) is 3.90. The number of carbonyl (C=O) groups is 1. The van der Waals surface area contributed by atoms with Crippen molar-refractivity contribution in [3.63, 3.8) is 0 Å². The van der Waals surface area contributed by atoms with Crippen LogP contribution in [0.25, 0.3) is 0 Å². The molecule has 0 aromatic heterocycles. The quantitative estimate of drug-likeness (QED) is 0.816. The molecule has 0 radical (unpaired) electrons. The van der Waals surface area contributed by atoms with E-state index in [1.807, 2.05) is 60.7 Å². The minimum absolute atomic E-state index is 0.195. The molecule has 0 heterocycles. The topological polar surface area (TPSA) is 55.5 Å². The van der Waals surface area contributed by atoms with Gasteiger partial charge in [0.2, 0.25) is 0 Å². The molecule has 0 aliphatic rings. The lowest BCUT2D eigenvalue weighted by Crippen LogP contribution is -2.12. The normalized spacial score (nSPS) is 10.9. The Balaban J connectivity index is 2.38. The number of rotatable bonds is 4.